The van der Waals surface area contributed by atoms with E-state index in [-0.39, 0.29) is 5.56 Å². The van der Waals surface area contributed by atoms with Crippen LogP contribution in [0.2, 0.25) is 5.02 Å². The van der Waals surface area contributed by atoms with Crippen molar-refractivity contribution in [2.75, 3.05) is 13.7 Å². The van der Waals surface area contributed by atoms with E-state index in [2.05, 4.69) is 25.4 Å². The first kappa shape index (κ1) is 24.9. The number of nitrogens with one attached hydrogen (secondary N) is 1. The number of nitrogens with zero attached hydrogens (tertiary/aromatic N) is 5. The standard InChI is InChI=1S/C27H27ClN6O3/c1-18-5-8-20-15-23(27(35)29-24(20)14-18)25(26-30-31-32-34(26)11-13-36-2)33(17-22-4-3-12-37-22)16-19-6-9-21(28)10-7-19/h3-10,12,14-15,25H,11,13,16-17H2,1-2H3,(H,29,35)/t25-/m1/s1. The second-order valence-corrected chi connectivity index (χ2v) is 9.35. The van der Waals surface area contributed by atoms with E-state index in [1.807, 2.05) is 67.6 Å². The van der Waals surface area contributed by atoms with E-state index < -0.39 is 6.04 Å². The van der Waals surface area contributed by atoms with Gasteiger partial charge in [-0.2, -0.15) is 0 Å². The molecule has 2 aromatic carbocycles. The normalized spacial score (nSPS) is 12.4. The summed E-state index contributed by atoms with van der Waals surface area (Å²) in [6.07, 6.45) is 1.64. The first-order valence-corrected chi connectivity index (χ1v) is 12.3. The van der Waals surface area contributed by atoms with E-state index in [0.717, 1.165) is 27.8 Å². The Hall–Kier alpha value is -3.79. The third kappa shape index (κ3) is 5.64. The van der Waals surface area contributed by atoms with Crippen LogP contribution in [0.3, 0.4) is 0 Å². The number of benzene rings is 2. The smallest absolute Gasteiger partial charge is 0.253 e. The molecule has 0 bridgehead atoms. The van der Waals surface area contributed by atoms with Gasteiger partial charge in [-0.25, -0.2) is 4.68 Å². The number of aromatic amines is 1. The van der Waals surface area contributed by atoms with Crippen molar-refractivity contribution in [3.05, 3.63) is 111 Å². The molecule has 1 atom stereocenters. The fourth-order valence-electron chi connectivity index (χ4n) is 4.44. The van der Waals surface area contributed by atoms with Crippen molar-refractivity contribution in [1.29, 1.82) is 0 Å². The van der Waals surface area contributed by atoms with E-state index in [1.54, 1.807) is 18.1 Å². The summed E-state index contributed by atoms with van der Waals surface area (Å²) in [6, 6.07) is 18.7. The van der Waals surface area contributed by atoms with Crippen molar-refractivity contribution in [3.63, 3.8) is 0 Å². The van der Waals surface area contributed by atoms with Crippen molar-refractivity contribution < 1.29 is 9.15 Å². The number of pyridine rings is 1. The van der Waals surface area contributed by atoms with E-state index >= 15 is 0 Å². The predicted molar refractivity (Wildman–Crippen MR) is 140 cm³/mol. The van der Waals surface area contributed by atoms with Gasteiger partial charge in [-0.05, 0) is 70.3 Å². The van der Waals surface area contributed by atoms with Gasteiger partial charge in [0.25, 0.3) is 5.56 Å². The molecule has 0 fully saturated rings. The molecular formula is C27H27ClN6O3. The second-order valence-electron chi connectivity index (χ2n) is 8.91. The van der Waals surface area contributed by atoms with Gasteiger partial charge in [0.05, 0.1) is 26.0 Å². The molecule has 0 spiro atoms. The van der Waals surface area contributed by atoms with E-state index in [1.165, 1.54) is 0 Å². The molecule has 10 heteroatoms. The van der Waals surface area contributed by atoms with Gasteiger partial charge in [0.15, 0.2) is 5.82 Å². The topological polar surface area (TPSA) is 102 Å². The number of fused-ring (bicyclic) bond motifs is 1. The summed E-state index contributed by atoms with van der Waals surface area (Å²) in [7, 11) is 1.63. The van der Waals surface area contributed by atoms with Gasteiger partial charge in [0.2, 0.25) is 0 Å². The van der Waals surface area contributed by atoms with Crippen molar-refractivity contribution in [2.24, 2.45) is 0 Å². The van der Waals surface area contributed by atoms with Crippen molar-refractivity contribution >= 4 is 22.5 Å². The maximum Gasteiger partial charge on any atom is 0.253 e. The van der Waals surface area contributed by atoms with Crippen LogP contribution in [0.25, 0.3) is 10.9 Å². The number of furan rings is 1. The van der Waals surface area contributed by atoms with E-state index in [0.29, 0.717) is 42.7 Å². The Morgan fingerprint density at radius 3 is 2.73 bits per heavy atom. The summed E-state index contributed by atoms with van der Waals surface area (Å²) in [6.45, 7) is 3.77. The Labute approximate surface area is 218 Å². The molecule has 0 saturated carbocycles. The summed E-state index contributed by atoms with van der Waals surface area (Å²) in [5.41, 5.74) is 3.19. The number of ether oxygens (including phenoxy) is 1. The zero-order valence-electron chi connectivity index (χ0n) is 20.6. The molecule has 0 saturated heterocycles. The van der Waals surface area contributed by atoms with Gasteiger partial charge in [0, 0.05) is 29.8 Å². The number of hydrogen-bond acceptors (Lipinski definition) is 7. The van der Waals surface area contributed by atoms with Crippen LogP contribution >= 0.6 is 11.6 Å². The minimum atomic E-state index is -0.581. The number of aryl methyl sites for hydroxylation is 1. The van der Waals surface area contributed by atoms with Crippen LogP contribution in [0.4, 0.5) is 0 Å². The maximum absolute atomic E-state index is 13.6. The van der Waals surface area contributed by atoms with Crippen LogP contribution in [0.5, 0.6) is 0 Å². The quantitative estimate of drug-likeness (QED) is 0.290. The SMILES string of the molecule is COCCn1nnnc1[C@@H](c1cc2ccc(C)cc2[nH]c1=O)N(Cc1ccc(Cl)cc1)Cc1ccco1. The molecule has 0 aliphatic heterocycles. The first-order chi connectivity index (χ1) is 18.0. The van der Waals surface area contributed by atoms with Gasteiger partial charge in [-0.1, -0.05) is 35.9 Å². The average Bonchev–Trinajstić information content (AvgIpc) is 3.57. The lowest BCUT2D eigenvalue weighted by Crippen LogP contribution is -2.35. The number of aromatic nitrogens is 5. The minimum absolute atomic E-state index is 0.204. The highest BCUT2D eigenvalue weighted by Gasteiger charge is 2.31. The summed E-state index contributed by atoms with van der Waals surface area (Å²) < 4.78 is 12.7. The molecule has 3 heterocycles. The molecule has 37 heavy (non-hydrogen) atoms. The molecule has 0 aliphatic rings. The molecule has 5 rings (SSSR count). The van der Waals surface area contributed by atoms with Gasteiger partial charge in [0.1, 0.15) is 11.8 Å². The lowest BCUT2D eigenvalue weighted by atomic mass is 10.0. The molecule has 0 unspecified atom stereocenters. The number of rotatable bonds is 10. The van der Waals surface area contributed by atoms with Crippen LogP contribution in [-0.2, 0) is 24.4 Å². The lowest BCUT2D eigenvalue weighted by molar-refractivity contribution is 0.163. The van der Waals surface area contributed by atoms with Crippen LogP contribution in [0.15, 0.2) is 76.1 Å². The second kappa shape index (κ2) is 11.1. The number of tetrazole rings is 1. The van der Waals surface area contributed by atoms with Crippen molar-refractivity contribution in [1.82, 2.24) is 30.1 Å². The highest BCUT2D eigenvalue weighted by molar-refractivity contribution is 6.30. The predicted octanol–water partition coefficient (Wildman–Crippen LogP) is 4.51. The van der Waals surface area contributed by atoms with Gasteiger partial charge < -0.3 is 14.1 Å². The fourth-order valence-corrected chi connectivity index (χ4v) is 4.57. The largest absolute Gasteiger partial charge is 0.468 e. The molecule has 0 aliphatic carbocycles. The molecular weight excluding hydrogens is 492 g/mol. The van der Waals surface area contributed by atoms with Gasteiger partial charge in [-0.15, -0.1) is 5.10 Å². The summed E-state index contributed by atoms with van der Waals surface area (Å²) in [4.78, 5) is 18.8. The molecule has 3 aromatic heterocycles. The Morgan fingerprint density at radius 1 is 1.14 bits per heavy atom. The highest BCUT2D eigenvalue weighted by Crippen LogP contribution is 2.30. The first-order valence-electron chi connectivity index (χ1n) is 11.9. The number of halogens is 1. The summed E-state index contributed by atoms with van der Waals surface area (Å²) in [5, 5.41) is 14.1. The summed E-state index contributed by atoms with van der Waals surface area (Å²) in [5.74, 6) is 1.29. The Balaban J connectivity index is 1.67. The molecule has 190 valence electrons. The third-order valence-corrected chi connectivity index (χ3v) is 6.49. The third-order valence-electron chi connectivity index (χ3n) is 6.24. The van der Waals surface area contributed by atoms with Crippen LogP contribution in [0.1, 0.15) is 34.3 Å². The Morgan fingerprint density at radius 2 is 1.97 bits per heavy atom. The van der Waals surface area contributed by atoms with Crippen LogP contribution in [-0.4, -0.2) is 43.8 Å². The average molecular weight is 519 g/mol. The van der Waals surface area contributed by atoms with Crippen molar-refractivity contribution in [2.45, 2.75) is 32.6 Å². The number of hydrogen-bond donors (Lipinski definition) is 1. The van der Waals surface area contributed by atoms with Gasteiger partial charge in [-0.3, -0.25) is 9.69 Å². The molecule has 1 N–H and O–H groups in total. The molecule has 0 radical (unpaired) electrons. The van der Waals surface area contributed by atoms with E-state index in [4.69, 9.17) is 20.8 Å². The van der Waals surface area contributed by atoms with Crippen molar-refractivity contribution in [3.8, 4) is 0 Å². The summed E-state index contributed by atoms with van der Waals surface area (Å²) >= 11 is 6.14. The van der Waals surface area contributed by atoms with E-state index in [9.17, 15) is 4.79 Å². The maximum atomic E-state index is 13.6. The zero-order valence-corrected chi connectivity index (χ0v) is 21.4. The fraction of sp³-hybridized carbons (Fsp3) is 0.259. The van der Waals surface area contributed by atoms with Gasteiger partial charge >= 0.3 is 0 Å². The molecule has 0 amide bonds. The monoisotopic (exact) mass is 518 g/mol. The lowest BCUT2D eigenvalue weighted by Gasteiger charge is -2.30. The number of methoxy groups -OCH3 is 1. The van der Waals surface area contributed by atoms with Crippen LogP contribution < -0.4 is 5.56 Å². The molecule has 5 aromatic rings. The zero-order chi connectivity index (χ0) is 25.8. The Kier molecular flexibility index (Phi) is 7.45. The minimum Gasteiger partial charge on any atom is -0.468 e. The highest BCUT2D eigenvalue weighted by atomic mass is 35.5. The number of H-pyrrole nitrogens is 1. The van der Waals surface area contributed by atoms with Crippen LogP contribution in [0, 0.1) is 6.92 Å². The molecule has 9 nitrogen and oxygen atoms in total. The Bertz CT molecular complexity index is 1530.